The molecule has 4 rings (SSSR count). The minimum Gasteiger partial charge on any atom is -0.0625 e. The van der Waals surface area contributed by atoms with Crippen molar-refractivity contribution in [2.24, 2.45) is 47.3 Å². The van der Waals surface area contributed by atoms with Gasteiger partial charge in [-0.1, -0.05) is 13.8 Å². The predicted octanol–water partition coefficient (Wildman–Crippen LogP) is 4.74. The van der Waals surface area contributed by atoms with Crippen molar-refractivity contribution in [3.05, 3.63) is 0 Å². The van der Waals surface area contributed by atoms with Gasteiger partial charge in [-0.25, -0.2) is 0 Å². The Morgan fingerprint density at radius 3 is 2.24 bits per heavy atom. The van der Waals surface area contributed by atoms with Gasteiger partial charge in [0.2, 0.25) is 0 Å². The first-order chi connectivity index (χ1) is 8.22. The Balaban J connectivity index is 1.57. The molecule has 0 aromatic rings. The zero-order valence-electron chi connectivity index (χ0n) is 11.6. The smallest absolute Gasteiger partial charge is 0.0349 e. The summed E-state index contributed by atoms with van der Waals surface area (Å²) in [5.41, 5.74) is 0. The molecule has 0 N–H and O–H groups in total. The zero-order chi connectivity index (χ0) is 11.6. The van der Waals surface area contributed by atoms with E-state index in [1.54, 1.807) is 44.9 Å². The molecule has 0 nitrogen and oxygen atoms in total. The lowest BCUT2D eigenvalue weighted by Gasteiger charge is -2.34. The first-order valence-corrected chi connectivity index (χ1v) is 8.22. The highest BCUT2D eigenvalue weighted by Gasteiger charge is 2.53. The van der Waals surface area contributed by atoms with Crippen LogP contribution < -0.4 is 0 Å². The van der Waals surface area contributed by atoms with Crippen molar-refractivity contribution in [2.75, 3.05) is 0 Å². The molecule has 0 radical (unpaired) electrons. The van der Waals surface area contributed by atoms with E-state index in [2.05, 4.69) is 13.8 Å². The summed E-state index contributed by atoms with van der Waals surface area (Å²) in [7, 11) is 0. The van der Waals surface area contributed by atoms with E-state index in [4.69, 9.17) is 0 Å². The molecule has 4 saturated carbocycles. The van der Waals surface area contributed by atoms with Gasteiger partial charge < -0.3 is 0 Å². The van der Waals surface area contributed by atoms with Gasteiger partial charge in [0.05, 0.1) is 0 Å². The molecule has 96 valence electrons. The fourth-order valence-corrected chi connectivity index (χ4v) is 6.66. The largest absolute Gasteiger partial charge is 0.0625 e. The first-order valence-electron chi connectivity index (χ1n) is 8.22. The number of hydrogen-bond acceptors (Lipinski definition) is 0. The monoisotopic (exact) mass is 232 g/mol. The summed E-state index contributed by atoms with van der Waals surface area (Å²) in [6, 6.07) is 0. The van der Waals surface area contributed by atoms with Crippen LogP contribution >= 0.6 is 0 Å². The standard InChI is InChI=1S/C17H28/c1-10-5-12-3-4-15-14-7-11(2)16(9-14)17(15)8-13(12)6-10/h10-17H,3-9H2,1-2H3. The molecule has 0 aromatic heterocycles. The van der Waals surface area contributed by atoms with E-state index in [1.165, 1.54) is 0 Å². The van der Waals surface area contributed by atoms with Gasteiger partial charge in [-0.05, 0) is 92.3 Å². The van der Waals surface area contributed by atoms with Crippen molar-refractivity contribution in [3.8, 4) is 0 Å². The Morgan fingerprint density at radius 2 is 1.35 bits per heavy atom. The SMILES string of the molecule is CC1CC2CCC3C4CC(C)C(C4)C3CC2C1. The van der Waals surface area contributed by atoms with Gasteiger partial charge in [0.15, 0.2) is 0 Å². The van der Waals surface area contributed by atoms with Gasteiger partial charge in [0.25, 0.3) is 0 Å². The third-order valence-corrected chi connectivity index (χ3v) is 7.21. The number of rotatable bonds is 0. The maximum Gasteiger partial charge on any atom is -0.0349 e. The molecular formula is C17H28. The van der Waals surface area contributed by atoms with Crippen LogP contribution in [0, 0.1) is 47.3 Å². The highest BCUT2D eigenvalue weighted by atomic mass is 14.6. The maximum atomic E-state index is 2.54. The van der Waals surface area contributed by atoms with Crippen molar-refractivity contribution >= 4 is 0 Å². The molecule has 0 amide bonds. The molecule has 4 fully saturated rings. The first kappa shape index (κ1) is 10.9. The summed E-state index contributed by atoms with van der Waals surface area (Å²) in [6.07, 6.45) is 11.2. The molecule has 0 spiro atoms. The Labute approximate surface area is 107 Å². The fourth-order valence-electron chi connectivity index (χ4n) is 6.66. The molecule has 0 heteroatoms. The lowest BCUT2D eigenvalue weighted by Crippen LogP contribution is -2.27. The predicted molar refractivity (Wildman–Crippen MR) is 71.6 cm³/mol. The second-order valence-electron chi connectivity index (χ2n) is 8.11. The average molecular weight is 232 g/mol. The highest BCUT2D eigenvalue weighted by Crippen LogP contribution is 2.61. The summed E-state index contributed by atoms with van der Waals surface area (Å²) in [5, 5.41) is 0. The quantitative estimate of drug-likeness (QED) is 0.566. The Kier molecular flexibility index (Phi) is 2.40. The third kappa shape index (κ3) is 1.55. The van der Waals surface area contributed by atoms with Gasteiger partial charge in [0.1, 0.15) is 0 Å². The van der Waals surface area contributed by atoms with Crippen molar-refractivity contribution in [2.45, 2.75) is 58.8 Å². The minimum absolute atomic E-state index is 1.04. The van der Waals surface area contributed by atoms with Crippen LogP contribution in [0.15, 0.2) is 0 Å². The number of hydrogen-bond donors (Lipinski definition) is 0. The summed E-state index contributed by atoms with van der Waals surface area (Å²) in [5.74, 6) is 8.98. The van der Waals surface area contributed by atoms with E-state index >= 15 is 0 Å². The van der Waals surface area contributed by atoms with Gasteiger partial charge in [-0.2, -0.15) is 0 Å². The Bertz CT molecular complexity index is 307. The van der Waals surface area contributed by atoms with Crippen molar-refractivity contribution in [3.63, 3.8) is 0 Å². The van der Waals surface area contributed by atoms with Gasteiger partial charge in [-0.15, -0.1) is 0 Å². The molecule has 8 unspecified atom stereocenters. The van der Waals surface area contributed by atoms with Crippen LogP contribution in [0.2, 0.25) is 0 Å². The molecule has 4 aliphatic carbocycles. The lowest BCUT2D eigenvalue weighted by atomic mass is 9.71. The normalized spacial score (nSPS) is 61.1. The van der Waals surface area contributed by atoms with Gasteiger partial charge in [-0.3, -0.25) is 0 Å². The molecule has 0 saturated heterocycles. The second kappa shape index (κ2) is 3.75. The fraction of sp³-hybridized carbons (Fsp3) is 1.00. The van der Waals surface area contributed by atoms with Gasteiger partial charge in [0, 0.05) is 0 Å². The highest BCUT2D eigenvalue weighted by molar-refractivity contribution is 5.02. The third-order valence-electron chi connectivity index (χ3n) is 7.21. The van der Waals surface area contributed by atoms with Crippen LogP contribution in [0.4, 0.5) is 0 Å². The summed E-state index contributed by atoms with van der Waals surface area (Å²) < 4.78 is 0. The van der Waals surface area contributed by atoms with Crippen molar-refractivity contribution in [1.82, 2.24) is 0 Å². The van der Waals surface area contributed by atoms with E-state index < -0.39 is 0 Å². The molecule has 0 aliphatic heterocycles. The Hall–Kier alpha value is 0. The summed E-state index contributed by atoms with van der Waals surface area (Å²) in [4.78, 5) is 0. The van der Waals surface area contributed by atoms with E-state index in [1.807, 2.05) is 0 Å². The summed E-state index contributed by atoms with van der Waals surface area (Å²) in [6.45, 7) is 5.04. The van der Waals surface area contributed by atoms with E-state index in [9.17, 15) is 0 Å². The molecule has 0 aromatic carbocycles. The van der Waals surface area contributed by atoms with Crippen LogP contribution in [-0.2, 0) is 0 Å². The molecule has 2 bridgehead atoms. The molecule has 8 atom stereocenters. The summed E-state index contributed by atoms with van der Waals surface area (Å²) >= 11 is 0. The zero-order valence-corrected chi connectivity index (χ0v) is 11.6. The Morgan fingerprint density at radius 1 is 0.588 bits per heavy atom. The minimum atomic E-state index is 1.04. The average Bonchev–Trinajstić information content (AvgIpc) is 2.88. The number of fused-ring (bicyclic) bond motifs is 6. The van der Waals surface area contributed by atoms with Crippen molar-refractivity contribution in [1.29, 1.82) is 0 Å². The topological polar surface area (TPSA) is 0 Å². The van der Waals surface area contributed by atoms with Crippen LogP contribution in [0.3, 0.4) is 0 Å². The van der Waals surface area contributed by atoms with Crippen molar-refractivity contribution < 1.29 is 0 Å². The van der Waals surface area contributed by atoms with Crippen LogP contribution in [-0.4, -0.2) is 0 Å². The van der Waals surface area contributed by atoms with Gasteiger partial charge >= 0.3 is 0 Å². The lowest BCUT2D eigenvalue weighted by molar-refractivity contribution is 0.149. The molecule has 4 aliphatic rings. The van der Waals surface area contributed by atoms with Crippen LogP contribution in [0.25, 0.3) is 0 Å². The van der Waals surface area contributed by atoms with E-state index in [0.717, 1.165) is 47.3 Å². The second-order valence-corrected chi connectivity index (χ2v) is 8.11. The van der Waals surface area contributed by atoms with E-state index in [0.29, 0.717) is 0 Å². The molecule has 17 heavy (non-hydrogen) atoms. The maximum absolute atomic E-state index is 2.54. The van der Waals surface area contributed by atoms with Crippen LogP contribution in [0.1, 0.15) is 58.8 Å². The molecule has 0 heterocycles. The van der Waals surface area contributed by atoms with E-state index in [-0.39, 0.29) is 0 Å². The molecular weight excluding hydrogens is 204 g/mol. The van der Waals surface area contributed by atoms with Crippen LogP contribution in [0.5, 0.6) is 0 Å².